The maximum Gasteiger partial charge on any atom is 0.286 e. The molecule has 140 valence electrons. The van der Waals surface area contributed by atoms with E-state index in [4.69, 9.17) is 18.9 Å². The number of carbonyl (C=O) groups excluding carboxylic acids is 1. The van der Waals surface area contributed by atoms with Crippen molar-refractivity contribution in [2.75, 3.05) is 26.9 Å². The van der Waals surface area contributed by atoms with Crippen molar-refractivity contribution in [2.45, 2.75) is 0 Å². The van der Waals surface area contributed by atoms with Crippen molar-refractivity contribution in [2.24, 2.45) is 12.0 Å². The highest BCUT2D eigenvalue weighted by Gasteiger charge is 2.15. The van der Waals surface area contributed by atoms with E-state index in [0.717, 1.165) is 21.7 Å². The number of thiazole rings is 1. The van der Waals surface area contributed by atoms with E-state index in [1.54, 1.807) is 31.4 Å². The van der Waals surface area contributed by atoms with Gasteiger partial charge in [-0.2, -0.15) is 4.99 Å². The molecule has 1 aromatic heterocycles. The molecule has 0 spiro atoms. The summed E-state index contributed by atoms with van der Waals surface area (Å²) in [6.07, 6.45) is 0. The van der Waals surface area contributed by atoms with Crippen molar-refractivity contribution >= 4 is 27.5 Å². The minimum atomic E-state index is -0.356. The molecule has 1 aliphatic rings. The lowest BCUT2D eigenvalue weighted by Gasteiger charge is -2.18. The number of ether oxygens (including phenoxy) is 4. The molecule has 2 aromatic carbocycles. The van der Waals surface area contributed by atoms with Gasteiger partial charge in [-0.1, -0.05) is 11.3 Å². The molecule has 1 aliphatic heterocycles. The van der Waals surface area contributed by atoms with Crippen LogP contribution in [0.3, 0.4) is 0 Å². The summed E-state index contributed by atoms with van der Waals surface area (Å²) in [5.74, 6) is 2.39. The average Bonchev–Trinajstić information content (AvgIpc) is 2.99. The van der Waals surface area contributed by atoms with Crippen LogP contribution < -0.4 is 23.7 Å². The monoisotopic (exact) mass is 386 g/mol. The van der Waals surface area contributed by atoms with Crippen molar-refractivity contribution in [3.63, 3.8) is 0 Å². The van der Waals surface area contributed by atoms with Crippen LogP contribution in [0.2, 0.25) is 0 Å². The van der Waals surface area contributed by atoms with Crippen molar-refractivity contribution in [3.05, 3.63) is 41.2 Å². The first-order valence-electron chi connectivity index (χ1n) is 8.37. The molecule has 0 unspecified atom stereocenters. The van der Waals surface area contributed by atoms with Gasteiger partial charge >= 0.3 is 0 Å². The molecule has 7 nitrogen and oxygen atoms in total. The Bertz CT molecular complexity index is 1050. The lowest BCUT2D eigenvalue weighted by Crippen LogP contribution is -2.17. The van der Waals surface area contributed by atoms with Crippen LogP contribution in [0.25, 0.3) is 10.2 Å². The first kappa shape index (κ1) is 17.4. The van der Waals surface area contributed by atoms with Gasteiger partial charge in [0.1, 0.15) is 24.7 Å². The van der Waals surface area contributed by atoms with Gasteiger partial charge in [0.2, 0.25) is 0 Å². The number of rotatable bonds is 4. The Labute approximate surface area is 159 Å². The highest BCUT2D eigenvalue weighted by atomic mass is 32.1. The zero-order chi connectivity index (χ0) is 18.8. The zero-order valence-corrected chi connectivity index (χ0v) is 15.7. The number of amides is 1. The molecule has 0 atom stereocenters. The van der Waals surface area contributed by atoms with Crippen LogP contribution >= 0.6 is 11.3 Å². The van der Waals surface area contributed by atoms with Crippen LogP contribution in [0.5, 0.6) is 23.0 Å². The number of fused-ring (bicyclic) bond motifs is 2. The summed E-state index contributed by atoms with van der Waals surface area (Å²) in [6.45, 7) is 0.933. The van der Waals surface area contributed by atoms with Gasteiger partial charge in [-0.3, -0.25) is 4.79 Å². The molecule has 0 bridgehead atoms. The number of hydrogen-bond donors (Lipinski definition) is 0. The molecule has 0 radical (unpaired) electrons. The first-order chi connectivity index (χ1) is 13.1. The second kappa shape index (κ2) is 7.32. The molecule has 0 saturated heterocycles. The molecule has 0 aliphatic carbocycles. The second-order valence-electron chi connectivity index (χ2n) is 5.88. The fourth-order valence-corrected chi connectivity index (χ4v) is 3.77. The summed E-state index contributed by atoms with van der Waals surface area (Å²) < 4.78 is 24.7. The molecular formula is C19H18N2O5S. The van der Waals surface area contributed by atoms with E-state index in [-0.39, 0.29) is 12.5 Å². The minimum absolute atomic E-state index is 0.136. The number of aryl methyl sites for hydroxylation is 1. The SMILES string of the molecule is COc1ccc(OCC(=O)N=c2sc3cc4c(cc3n2C)OCCO4)cc1. The number of methoxy groups -OCH3 is 1. The van der Waals surface area contributed by atoms with Gasteiger partial charge in [-0.05, 0) is 24.3 Å². The quantitative estimate of drug-likeness (QED) is 0.689. The molecule has 0 fully saturated rings. The van der Waals surface area contributed by atoms with Gasteiger partial charge in [0.15, 0.2) is 22.9 Å². The molecule has 4 rings (SSSR count). The van der Waals surface area contributed by atoms with E-state index in [0.29, 0.717) is 29.5 Å². The van der Waals surface area contributed by atoms with Crippen LogP contribution in [0.4, 0.5) is 0 Å². The Kier molecular flexibility index (Phi) is 4.72. The van der Waals surface area contributed by atoms with Crippen molar-refractivity contribution in [3.8, 4) is 23.0 Å². The summed E-state index contributed by atoms with van der Waals surface area (Å²) >= 11 is 1.42. The van der Waals surface area contributed by atoms with E-state index < -0.39 is 0 Å². The maximum atomic E-state index is 12.2. The van der Waals surface area contributed by atoms with Crippen molar-refractivity contribution in [1.82, 2.24) is 4.57 Å². The smallest absolute Gasteiger partial charge is 0.286 e. The maximum absolute atomic E-state index is 12.2. The second-order valence-corrected chi connectivity index (χ2v) is 6.89. The Hall–Kier alpha value is -3.00. The topological polar surface area (TPSA) is 71.3 Å². The predicted molar refractivity (Wildman–Crippen MR) is 101 cm³/mol. The fourth-order valence-electron chi connectivity index (χ4n) is 2.73. The van der Waals surface area contributed by atoms with E-state index in [2.05, 4.69) is 4.99 Å². The molecule has 0 N–H and O–H groups in total. The molecule has 27 heavy (non-hydrogen) atoms. The Balaban J connectivity index is 1.54. The van der Waals surface area contributed by atoms with E-state index in [1.165, 1.54) is 11.3 Å². The van der Waals surface area contributed by atoms with Crippen LogP contribution in [0.1, 0.15) is 0 Å². The predicted octanol–water partition coefficient (Wildman–Crippen LogP) is 2.53. The number of nitrogens with zero attached hydrogens (tertiary/aromatic N) is 2. The number of carbonyl (C=O) groups is 1. The summed E-state index contributed by atoms with van der Waals surface area (Å²) in [4.78, 5) is 17.0. The molecule has 1 amide bonds. The fraction of sp³-hybridized carbons (Fsp3) is 0.263. The molecule has 0 saturated carbocycles. The number of benzene rings is 2. The summed E-state index contributed by atoms with van der Waals surface area (Å²) in [6, 6.07) is 10.9. The summed E-state index contributed by atoms with van der Waals surface area (Å²) in [7, 11) is 3.46. The molecule has 8 heteroatoms. The van der Waals surface area contributed by atoms with Gasteiger partial charge in [-0.15, -0.1) is 0 Å². The van der Waals surface area contributed by atoms with E-state index >= 15 is 0 Å². The average molecular weight is 386 g/mol. The number of hydrogen-bond acceptors (Lipinski definition) is 6. The summed E-state index contributed by atoms with van der Waals surface area (Å²) in [5.41, 5.74) is 0.937. The summed E-state index contributed by atoms with van der Waals surface area (Å²) in [5, 5.41) is 0. The molecule has 2 heterocycles. The van der Waals surface area contributed by atoms with Crippen LogP contribution in [0.15, 0.2) is 41.4 Å². The Morgan fingerprint density at radius 2 is 1.81 bits per heavy atom. The van der Waals surface area contributed by atoms with Crippen molar-refractivity contribution < 1.29 is 23.7 Å². The van der Waals surface area contributed by atoms with Crippen LogP contribution in [0, 0.1) is 0 Å². The highest BCUT2D eigenvalue weighted by molar-refractivity contribution is 7.16. The third-order valence-corrected chi connectivity index (χ3v) is 5.21. The zero-order valence-electron chi connectivity index (χ0n) is 14.9. The standard InChI is InChI=1S/C19H18N2O5S/c1-21-14-9-15-16(25-8-7-24-15)10-17(14)27-19(21)20-18(22)11-26-13-5-3-12(23-2)4-6-13/h3-6,9-10H,7-8,11H2,1-2H3. The van der Waals surface area contributed by atoms with Gasteiger partial charge in [-0.25, -0.2) is 0 Å². The van der Waals surface area contributed by atoms with Gasteiger partial charge in [0, 0.05) is 19.2 Å². The normalized spacial score (nSPS) is 13.6. The Morgan fingerprint density at radius 3 is 2.52 bits per heavy atom. The Morgan fingerprint density at radius 1 is 1.15 bits per heavy atom. The van der Waals surface area contributed by atoms with E-state index in [1.807, 2.05) is 23.7 Å². The highest BCUT2D eigenvalue weighted by Crippen LogP contribution is 2.35. The lowest BCUT2D eigenvalue weighted by atomic mass is 10.3. The first-order valence-corrected chi connectivity index (χ1v) is 9.19. The van der Waals surface area contributed by atoms with Gasteiger partial charge in [0.25, 0.3) is 5.91 Å². The number of aromatic nitrogens is 1. The van der Waals surface area contributed by atoms with E-state index in [9.17, 15) is 4.79 Å². The third kappa shape index (κ3) is 3.61. The largest absolute Gasteiger partial charge is 0.497 e. The third-order valence-electron chi connectivity index (χ3n) is 4.12. The minimum Gasteiger partial charge on any atom is -0.497 e. The molecule has 3 aromatic rings. The van der Waals surface area contributed by atoms with Crippen LogP contribution in [-0.2, 0) is 11.8 Å². The van der Waals surface area contributed by atoms with Gasteiger partial charge < -0.3 is 23.5 Å². The lowest BCUT2D eigenvalue weighted by molar-refractivity contribution is -0.120. The molecular weight excluding hydrogens is 368 g/mol. The van der Waals surface area contributed by atoms with Crippen molar-refractivity contribution in [1.29, 1.82) is 0 Å². The van der Waals surface area contributed by atoms with Gasteiger partial charge in [0.05, 0.1) is 17.3 Å². The van der Waals surface area contributed by atoms with Crippen LogP contribution in [-0.4, -0.2) is 37.4 Å².